The van der Waals surface area contributed by atoms with Crippen LogP contribution in [-0.2, 0) is 10.0 Å². The maximum absolute atomic E-state index is 11.5. The zero-order chi connectivity index (χ0) is 13.2. The Hall–Kier alpha value is -1.97. The molecule has 2 N–H and O–H groups in total. The quantitative estimate of drug-likeness (QED) is 0.476. The molecule has 0 saturated heterocycles. The Morgan fingerprint density at radius 1 is 1.35 bits per heavy atom. The normalized spacial score (nSPS) is 10.6. The van der Waals surface area contributed by atoms with Crippen LogP contribution < -0.4 is 5.14 Å². The van der Waals surface area contributed by atoms with Gasteiger partial charge in [-0.1, -0.05) is 12.1 Å². The molecule has 0 aliphatic carbocycles. The fourth-order valence-corrected chi connectivity index (χ4v) is 2.12. The monoisotopic (exact) mass is 251 g/mol. The van der Waals surface area contributed by atoms with Gasteiger partial charge in [-0.05, 0) is 18.9 Å². The van der Waals surface area contributed by atoms with Crippen molar-refractivity contribution in [1.82, 2.24) is 0 Å². The molecule has 6 heteroatoms. The summed E-state index contributed by atoms with van der Waals surface area (Å²) in [4.78, 5) is 22.4. The molecule has 88 valence electrons. The van der Waals surface area contributed by atoms with Crippen molar-refractivity contribution in [2.45, 2.75) is 11.8 Å². The number of Topliss-reactive ketones (excluding diaryl/α,β-unsaturated/α-hetero) is 2. The fourth-order valence-electron chi connectivity index (χ4n) is 1.37. The first-order valence-electron chi connectivity index (χ1n) is 4.46. The molecular weight excluding hydrogens is 242 g/mol. The zero-order valence-corrected chi connectivity index (χ0v) is 9.74. The van der Waals surface area contributed by atoms with E-state index >= 15 is 0 Å². The predicted molar refractivity (Wildman–Crippen MR) is 61.0 cm³/mol. The van der Waals surface area contributed by atoms with E-state index in [0.717, 1.165) is 6.07 Å². The van der Waals surface area contributed by atoms with Crippen molar-refractivity contribution in [3.63, 3.8) is 0 Å². The van der Waals surface area contributed by atoms with Crippen molar-refractivity contribution in [1.29, 1.82) is 0 Å². The molecule has 0 fully saturated rings. The average molecular weight is 251 g/mol. The number of sulfonamides is 1. The van der Waals surface area contributed by atoms with Crippen LogP contribution >= 0.6 is 0 Å². The summed E-state index contributed by atoms with van der Waals surface area (Å²) in [7, 11) is -4.11. The van der Waals surface area contributed by atoms with Crippen LogP contribution in [0.1, 0.15) is 27.6 Å². The van der Waals surface area contributed by atoms with Gasteiger partial charge in [0.1, 0.15) is 0 Å². The van der Waals surface area contributed by atoms with Crippen LogP contribution in [0.15, 0.2) is 23.1 Å². The van der Waals surface area contributed by atoms with Crippen LogP contribution in [-0.4, -0.2) is 20.0 Å². The lowest BCUT2D eigenvalue weighted by Crippen LogP contribution is -2.18. The number of nitrogens with two attached hydrogens (primary N) is 1. The summed E-state index contributed by atoms with van der Waals surface area (Å²) in [5.74, 6) is 0.425. The zero-order valence-electron chi connectivity index (χ0n) is 8.93. The molecule has 0 saturated carbocycles. The molecule has 17 heavy (non-hydrogen) atoms. The van der Waals surface area contributed by atoms with Gasteiger partial charge in [-0.3, -0.25) is 9.59 Å². The lowest BCUT2D eigenvalue weighted by atomic mass is 10.0. The van der Waals surface area contributed by atoms with Gasteiger partial charge < -0.3 is 0 Å². The standard InChI is InChI=1S/C11H9NO4S/c1-3-9(14)11-8(7(2)13)5-4-6-10(11)17(12,15)16/h1,4-6H,2H3,(H2,12,15,16). The Kier molecular flexibility index (Phi) is 3.46. The first-order valence-corrected chi connectivity index (χ1v) is 6.01. The number of hydrogen-bond donors (Lipinski definition) is 1. The van der Waals surface area contributed by atoms with E-state index in [1.807, 2.05) is 0 Å². The Morgan fingerprint density at radius 2 is 1.94 bits per heavy atom. The highest BCUT2D eigenvalue weighted by Gasteiger charge is 2.23. The summed E-state index contributed by atoms with van der Waals surface area (Å²) < 4.78 is 22.6. The van der Waals surface area contributed by atoms with E-state index in [2.05, 4.69) is 0 Å². The van der Waals surface area contributed by atoms with Crippen molar-refractivity contribution in [2.24, 2.45) is 5.14 Å². The Labute approximate surface area is 98.7 Å². The predicted octanol–water partition coefficient (Wildman–Crippen LogP) is 0.353. The van der Waals surface area contributed by atoms with Gasteiger partial charge in [-0.2, -0.15) is 0 Å². The summed E-state index contributed by atoms with van der Waals surface area (Å²) in [5, 5.41) is 4.96. The number of rotatable bonds is 3. The summed E-state index contributed by atoms with van der Waals surface area (Å²) in [6.07, 6.45) is 4.94. The van der Waals surface area contributed by atoms with E-state index in [1.54, 1.807) is 5.92 Å². The van der Waals surface area contributed by atoms with E-state index in [-0.39, 0.29) is 11.1 Å². The summed E-state index contributed by atoms with van der Waals surface area (Å²) >= 11 is 0. The average Bonchev–Trinajstić information content (AvgIpc) is 2.25. The van der Waals surface area contributed by atoms with Crippen molar-refractivity contribution in [2.75, 3.05) is 0 Å². The van der Waals surface area contributed by atoms with E-state index < -0.39 is 26.5 Å². The van der Waals surface area contributed by atoms with Crippen LogP contribution in [0.25, 0.3) is 0 Å². The Balaban J connectivity index is 3.77. The number of primary sulfonamides is 1. The number of benzene rings is 1. The molecule has 0 spiro atoms. The van der Waals surface area contributed by atoms with Crippen LogP contribution in [0, 0.1) is 12.3 Å². The van der Waals surface area contributed by atoms with Crippen LogP contribution in [0.2, 0.25) is 0 Å². The van der Waals surface area contributed by atoms with Crippen LogP contribution in [0.4, 0.5) is 0 Å². The van der Waals surface area contributed by atoms with Crippen LogP contribution in [0.3, 0.4) is 0 Å². The number of carbonyl (C=O) groups excluding carboxylic acids is 2. The van der Waals surface area contributed by atoms with Crippen molar-refractivity contribution in [3.8, 4) is 12.3 Å². The topological polar surface area (TPSA) is 94.3 Å². The largest absolute Gasteiger partial charge is 0.294 e. The summed E-state index contributed by atoms with van der Waals surface area (Å²) in [6.45, 7) is 1.20. The van der Waals surface area contributed by atoms with E-state index in [4.69, 9.17) is 11.6 Å². The maximum Gasteiger partial charge on any atom is 0.238 e. The molecule has 0 unspecified atom stereocenters. The third kappa shape index (κ3) is 2.58. The third-order valence-corrected chi connectivity index (χ3v) is 3.02. The highest BCUT2D eigenvalue weighted by Crippen LogP contribution is 2.19. The number of carbonyl (C=O) groups is 2. The molecule has 1 aromatic rings. The fraction of sp³-hybridized carbons (Fsp3) is 0.0909. The molecule has 0 radical (unpaired) electrons. The van der Waals surface area contributed by atoms with Gasteiger partial charge in [0.25, 0.3) is 0 Å². The minimum absolute atomic E-state index is 0.0560. The first-order chi connectivity index (χ1) is 7.79. The van der Waals surface area contributed by atoms with E-state index in [1.165, 1.54) is 19.1 Å². The molecule has 0 aliphatic heterocycles. The minimum Gasteiger partial charge on any atom is -0.294 e. The molecule has 0 heterocycles. The molecule has 0 bridgehead atoms. The number of hydrogen-bond acceptors (Lipinski definition) is 4. The molecule has 1 aromatic carbocycles. The van der Waals surface area contributed by atoms with Gasteiger partial charge in [-0.25, -0.2) is 13.6 Å². The molecule has 5 nitrogen and oxygen atoms in total. The van der Waals surface area contributed by atoms with Crippen molar-refractivity contribution in [3.05, 3.63) is 29.3 Å². The summed E-state index contributed by atoms with van der Waals surface area (Å²) in [6, 6.07) is 3.78. The molecule has 0 atom stereocenters. The van der Waals surface area contributed by atoms with Crippen molar-refractivity contribution >= 4 is 21.6 Å². The Morgan fingerprint density at radius 3 is 2.35 bits per heavy atom. The van der Waals surface area contributed by atoms with Gasteiger partial charge in [-0.15, -0.1) is 6.42 Å². The first kappa shape index (κ1) is 13.1. The SMILES string of the molecule is C#CC(=O)c1c(C(C)=O)cccc1S(N)(=O)=O. The highest BCUT2D eigenvalue weighted by molar-refractivity contribution is 7.89. The smallest absolute Gasteiger partial charge is 0.238 e. The number of ketones is 2. The molecule has 1 rings (SSSR count). The van der Waals surface area contributed by atoms with Gasteiger partial charge in [0.2, 0.25) is 15.8 Å². The second-order valence-electron chi connectivity index (χ2n) is 3.25. The molecule has 0 aromatic heterocycles. The van der Waals surface area contributed by atoms with Gasteiger partial charge in [0.15, 0.2) is 5.78 Å². The third-order valence-electron chi connectivity index (χ3n) is 2.07. The van der Waals surface area contributed by atoms with E-state index in [0.29, 0.717) is 0 Å². The lowest BCUT2D eigenvalue weighted by Gasteiger charge is -2.07. The lowest BCUT2D eigenvalue weighted by molar-refractivity contribution is 0.0994. The maximum atomic E-state index is 11.5. The van der Waals surface area contributed by atoms with Crippen molar-refractivity contribution < 1.29 is 18.0 Å². The summed E-state index contributed by atoms with van der Waals surface area (Å²) in [5.41, 5.74) is -0.399. The number of terminal acetylenes is 1. The molecule has 0 aliphatic rings. The van der Waals surface area contributed by atoms with E-state index in [9.17, 15) is 18.0 Å². The van der Waals surface area contributed by atoms with Gasteiger partial charge in [0, 0.05) is 5.56 Å². The molecule has 0 amide bonds. The highest BCUT2D eigenvalue weighted by atomic mass is 32.2. The minimum atomic E-state index is -4.11. The molecular formula is C11H9NO4S. The van der Waals surface area contributed by atoms with Crippen LogP contribution in [0.5, 0.6) is 0 Å². The van der Waals surface area contributed by atoms with Gasteiger partial charge >= 0.3 is 0 Å². The second kappa shape index (κ2) is 4.49. The van der Waals surface area contributed by atoms with Gasteiger partial charge in [0.05, 0.1) is 10.5 Å². The second-order valence-corrected chi connectivity index (χ2v) is 4.78. The Bertz CT molecular complexity index is 638.